The van der Waals surface area contributed by atoms with Crippen molar-refractivity contribution in [3.05, 3.63) is 22.7 Å². The third kappa shape index (κ3) is 2.50. The summed E-state index contributed by atoms with van der Waals surface area (Å²) in [5.74, 6) is -0.865. The fraction of sp³-hybridized carbons (Fsp3) is 0.500. The second-order valence-electron chi connectivity index (χ2n) is 6.05. The molecule has 2 fully saturated rings. The molecule has 1 N–H and O–H groups in total. The Morgan fingerprint density at radius 1 is 1.30 bits per heavy atom. The Morgan fingerprint density at radius 3 is 2.78 bits per heavy atom. The summed E-state index contributed by atoms with van der Waals surface area (Å²) in [6, 6.07) is 1.79. The number of aromatic nitrogens is 4. The van der Waals surface area contributed by atoms with Crippen LogP contribution in [0.1, 0.15) is 22.5 Å². The van der Waals surface area contributed by atoms with Crippen molar-refractivity contribution in [2.75, 3.05) is 13.1 Å². The third-order valence-electron chi connectivity index (χ3n) is 4.63. The number of carbonyl (C=O) groups is 2. The van der Waals surface area contributed by atoms with Crippen molar-refractivity contribution in [1.29, 1.82) is 0 Å². The van der Waals surface area contributed by atoms with Crippen molar-refractivity contribution >= 4 is 23.2 Å². The summed E-state index contributed by atoms with van der Waals surface area (Å²) < 4.78 is 1.45. The first-order chi connectivity index (χ1) is 11.1. The first-order valence-electron chi connectivity index (χ1n) is 7.48. The number of hydrogen-bond acceptors (Lipinski definition) is 6. The lowest BCUT2D eigenvalue weighted by atomic mass is 9.92. The highest BCUT2D eigenvalue weighted by Crippen LogP contribution is 2.44. The molecule has 2 aromatic heterocycles. The Labute approximate surface area is 135 Å². The molecule has 2 aliphatic rings. The van der Waals surface area contributed by atoms with E-state index in [2.05, 4.69) is 15.5 Å². The van der Waals surface area contributed by atoms with E-state index in [0.29, 0.717) is 23.0 Å². The van der Waals surface area contributed by atoms with Gasteiger partial charge in [-0.25, -0.2) is 0 Å². The molecular formula is C14H15N5O3S. The maximum absolute atomic E-state index is 12.8. The largest absolute Gasteiger partial charge is 0.481 e. The molecule has 1 aliphatic carbocycles. The zero-order valence-corrected chi connectivity index (χ0v) is 13.0. The molecule has 0 bridgehead atoms. The van der Waals surface area contributed by atoms with Gasteiger partial charge in [0, 0.05) is 13.1 Å². The number of carbonyl (C=O) groups excluding carboxylic acids is 1. The topological polar surface area (TPSA) is 101 Å². The molecule has 0 aromatic carbocycles. The van der Waals surface area contributed by atoms with E-state index >= 15 is 0 Å². The number of rotatable bonds is 4. The van der Waals surface area contributed by atoms with Crippen molar-refractivity contribution < 1.29 is 14.7 Å². The predicted octanol–water partition coefficient (Wildman–Crippen LogP) is 0.907. The van der Waals surface area contributed by atoms with E-state index in [-0.39, 0.29) is 18.4 Å². The monoisotopic (exact) mass is 333 g/mol. The van der Waals surface area contributed by atoms with Gasteiger partial charge in [-0.05, 0) is 46.6 Å². The van der Waals surface area contributed by atoms with Gasteiger partial charge in [0.05, 0.1) is 11.6 Å². The maximum Gasteiger partial charge on any atom is 0.308 e. The van der Waals surface area contributed by atoms with E-state index in [4.69, 9.17) is 0 Å². The quantitative estimate of drug-likeness (QED) is 0.892. The van der Waals surface area contributed by atoms with Crippen LogP contribution in [0.2, 0.25) is 0 Å². The zero-order valence-electron chi connectivity index (χ0n) is 12.2. The van der Waals surface area contributed by atoms with Crippen LogP contribution in [0.5, 0.6) is 0 Å². The van der Waals surface area contributed by atoms with Gasteiger partial charge in [0.1, 0.15) is 11.2 Å². The standard InChI is InChI=1S/C14H15N5O3S/c20-13(12-11(3-4-23-12)19-7-15-16-17-19)18-5-9(8-1-2-8)10(6-18)14(21)22/h3-4,7-10H,1-2,5-6H2,(H,21,22)/t9-,10+/m1/s1. The molecule has 0 unspecified atom stereocenters. The van der Waals surface area contributed by atoms with Crippen molar-refractivity contribution in [2.45, 2.75) is 12.8 Å². The molecule has 8 nitrogen and oxygen atoms in total. The first kappa shape index (κ1) is 14.3. The van der Waals surface area contributed by atoms with Crippen molar-refractivity contribution in [3.63, 3.8) is 0 Å². The molecule has 3 heterocycles. The van der Waals surface area contributed by atoms with Crippen molar-refractivity contribution in [3.8, 4) is 5.69 Å². The molecule has 2 atom stereocenters. The van der Waals surface area contributed by atoms with Crippen LogP contribution >= 0.6 is 11.3 Å². The Balaban J connectivity index is 1.58. The highest BCUT2D eigenvalue weighted by atomic mass is 32.1. The van der Waals surface area contributed by atoms with Crippen LogP contribution in [0, 0.1) is 17.8 Å². The van der Waals surface area contributed by atoms with Gasteiger partial charge in [0.15, 0.2) is 0 Å². The highest BCUT2D eigenvalue weighted by molar-refractivity contribution is 7.12. The van der Waals surface area contributed by atoms with Gasteiger partial charge in [0.25, 0.3) is 5.91 Å². The summed E-state index contributed by atoms with van der Waals surface area (Å²) in [6.07, 6.45) is 3.59. The number of carboxylic acids is 1. The van der Waals surface area contributed by atoms with Gasteiger partial charge in [-0.15, -0.1) is 16.4 Å². The van der Waals surface area contributed by atoms with E-state index in [1.165, 1.54) is 22.3 Å². The third-order valence-corrected chi connectivity index (χ3v) is 5.52. The number of hydrogen-bond donors (Lipinski definition) is 1. The summed E-state index contributed by atoms with van der Waals surface area (Å²) in [5.41, 5.74) is 0.631. The maximum atomic E-state index is 12.8. The molecule has 4 rings (SSSR count). The molecule has 1 aliphatic heterocycles. The number of tetrazole rings is 1. The highest BCUT2D eigenvalue weighted by Gasteiger charge is 2.47. The predicted molar refractivity (Wildman–Crippen MR) is 80.3 cm³/mol. The normalized spacial score (nSPS) is 24.1. The molecule has 1 amide bonds. The van der Waals surface area contributed by atoms with E-state index in [1.54, 1.807) is 11.0 Å². The first-order valence-corrected chi connectivity index (χ1v) is 8.36. The van der Waals surface area contributed by atoms with Gasteiger partial charge < -0.3 is 10.0 Å². The number of aliphatic carboxylic acids is 1. The summed E-state index contributed by atoms with van der Waals surface area (Å²) in [6.45, 7) is 0.801. The van der Waals surface area contributed by atoms with Gasteiger partial charge in [0.2, 0.25) is 0 Å². The van der Waals surface area contributed by atoms with Crippen LogP contribution in [0.4, 0.5) is 0 Å². The zero-order chi connectivity index (χ0) is 16.0. The van der Waals surface area contributed by atoms with Gasteiger partial charge in [-0.3, -0.25) is 9.59 Å². The second kappa shape index (κ2) is 5.41. The summed E-state index contributed by atoms with van der Waals surface area (Å²) in [5, 5.41) is 22.2. The van der Waals surface area contributed by atoms with E-state index in [1.807, 2.05) is 5.38 Å². The SMILES string of the molecule is O=C(O)[C@H]1CN(C(=O)c2sccc2-n2cnnn2)C[C@@H]1C1CC1. The Kier molecular flexibility index (Phi) is 3.37. The minimum Gasteiger partial charge on any atom is -0.481 e. The van der Waals surface area contributed by atoms with Crippen molar-refractivity contribution in [1.82, 2.24) is 25.1 Å². The average Bonchev–Trinajstić information content (AvgIpc) is 3.02. The summed E-state index contributed by atoms with van der Waals surface area (Å²) >= 11 is 1.32. The van der Waals surface area contributed by atoms with Gasteiger partial charge in [-0.2, -0.15) is 4.68 Å². The molecular weight excluding hydrogens is 318 g/mol. The molecule has 0 radical (unpaired) electrons. The lowest BCUT2D eigenvalue weighted by Crippen LogP contribution is -2.30. The van der Waals surface area contributed by atoms with E-state index in [9.17, 15) is 14.7 Å². The molecule has 9 heteroatoms. The van der Waals surface area contributed by atoms with Crippen LogP contribution in [0.25, 0.3) is 5.69 Å². The van der Waals surface area contributed by atoms with Crippen LogP contribution in [-0.4, -0.2) is 55.2 Å². The van der Waals surface area contributed by atoms with Gasteiger partial charge >= 0.3 is 5.97 Å². The van der Waals surface area contributed by atoms with Crippen LogP contribution < -0.4 is 0 Å². The molecule has 1 saturated heterocycles. The number of amides is 1. The van der Waals surface area contributed by atoms with E-state index in [0.717, 1.165) is 12.8 Å². The van der Waals surface area contributed by atoms with Crippen LogP contribution in [0.3, 0.4) is 0 Å². The Morgan fingerprint density at radius 2 is 2.13 bits per heavy atom. The second-order valence-corrected chi connectivity index (χ2v) is 6.96. The summed E-state index contributed by atoms with van der Waals surface area (Å²) in [4.78, 5) is 26.5. The number of likely N-dealkylation sites (tertiary alicyclic amines) is 1. The fourth-order valence-electron chi connectivity index (χ4n) is 3.32. The average molecular weight is 333 g/mol. The number of nitrogens with zero attached hydrogens (tertiary/aromatic N) is 5. The van der Waals surface area contributed by atoms with Crippen molar-refractivity contribution in [2.24, 2.45) is 17.8 Å². The Bertz CT molecular complexity index is 739. The lowest BCUT2D eigenvalue weighted by Gasteiger charge is -2.16. The fourth-order valence-corrected chi connectivity index (χ4v) is 4.16. The number of carboxylic acid groups (broad SMARTS) is 1. The minimum atomic E-state index is -0.802. The van der Waals surface area contributed by atoms with Gasteiger partial charge in [-0.1, -0.05) is 0 Å². The van der Waals surface area contributed by atoms with Crippen LogP contribution in [-0.2, 0) is 4.79 Å². The lowest BCUT2D eigenvalue weighted by molar-refractivity contribution is -0.142. The summed E-state index contributed by atoms with van der Waals surface area (Å²) in [7, 11) is 0. The smallest absolute Gasteiger partial charge is 0.308 e. The van der Waals surface area contributed by atoms with E-state index < -0.39 is 11.9 Å². The van der Waals surface area contributed by atoms with Crippen LogP contribution in [0.15, 0.2) is 17.8 Å². The molecule has 1 saturated carbocycles. The number of thiophene rings is 1. The molecule has 0 spiro atoms. The molecule has 23 heavy (non-hydrogen) atoms. The minimum absolute atomic E-state index is 0.0768. The molecule has 120 valence electrons. The molecule has 2 aromatic rings. The Hall–Kier alpha value is -2.29.